The first-order valence-corrected chi connectivity index (χ1v) is 6.27. The number of nitrogens with zero attached hydrogens (tertiary/aromatic N) is 1. The van der Waals surface area contributed by atoms with E-state index in [9.17, 15) is 4.79 Å². The molecule has 1 fully saturated rings. The number of rotatable bonds is 4. The SMILES string of the molecule is COc1ccc(CNC(=O)C2CCNCC2)cn1.Cl. The van der Waals surface area contributed by atoms with Gasteiger partial charge in [-0.1, -0.05) is 6.07 Å². The number of hydrogen-bond acceptors (Lipinski definition) is 4. The summed E-state index contributed by atoms with van der Waals surface area (Å²) in [7, 11) is 1.58. The molecule has 106 valence electrons. The molecule has 1 aliphatic rings. The Labute approximate surface area is 119 Å². The van der Waals surface area contributed by atoms with Gasteiger partial charge in [-0.25, -0.2) is 4.98 Å². The highest BCUT2D eigenvalue weighted by Crippen LogP contribution is 2.12. The molecule has 6 heteroatoms. The van der Waals surface area contributed by atoms with E-state index >= 15 is 0 Å². The van der Waals surface area contributed by atoms with E-state index in [0.29, 0.717) is 12.4 Å². The lowest BCUT2D eigenvalue weighted by Gasteiger charge is -2.21. The first kappa shape index (κ1) is 15.7. The number of aromatic nitrogens is 1. The number of carbonyl (C=O) groups is 1. The number of pyridine rings is 1. The van der Waals surface area contributed by atoms with Crippen LogP contribution >= 0.6 is 12.4 Å². The summed E-state index contributed by atoms with van der Waals surface area (Å²) in [6.07, 6.45) is 3.57. The van der Waals surface area contributed by atoms with Crippen LogP contribution in [0.4, 0.5) is 0 Å². The van der Waals surface area contributed by atoms with Gasteiger partial charge in [-0.15, -0.1) is 12.4 Å². The molecule has 1 aromatic rings. The smallest absolute Gasteiger partial charge is 0.223 e. The molecule has 0 unspecified atom stereocenters. The van der Waals surface area contributed by atoms with Crippen molar-refractivity contribution in [2.75, 3.05) is 20.2 Å². The van der Waals surface area contributed by atoms with Gasteiger partial charge in [0.25, 0.3) is 0 Å². The molecule has 2 N–H and O–H groups in total. The predicted molar refractivity (Wildman–Crippen MR) is 75.5 cm³/mol. The number of nitrogens with one attached hydrogen (secondary N) is 2. The minimum Gasteiger partial charge on any atom is -0.481 e. The Balaban J connectivity index is 0.00000180. The molecule has 19 heavy (non-hydrogen) atoms. The third-order valence-corrected chi connectivity index (χ3v) is 3.18. The first-order valence-electron chi connectivity index (χ1n) is 6.27. The summed E-state index contributed by atoms with van der Waals surface area (Å²) in [5.74, 6) is 0.883. The molecule has 2 rings (SSSR count). The number of ether oxygens (including phenoxy) is 1. The van der Waals surface area contributed by atoms with Gasteiger partial charge < -0.3 is 15.4 Å². The summed E-state index contributed by atoms with van der Waals surface area (Å²) in [5.41, 5.74) is 0.984. The molecule has 1 saturated heterocycles. The number of hydrogen-bond donors (Lipinski definition) is 2. The van der Waals surface area contributed by atoms with Crippen LogP contribution in [0.15, 0.2) is 18.3 Å². The molecule has 1 aromatic heterocycles. The number of carbonyl (C=O) groups excluding carboxylic acids is 1. The van der Waals surface area contributed by atoms with Gasteiger partial charge in [0, 0.05) is 24.7 Å². The highest BCUT2D eigenvalue weighted by Gasteiger charge is 2.20. The lowest BCUT2D eigenvalue weighted by atomic mass is 9.97. The normalized spacial score (nSPS) is 15.4. The average Bonchev–Trinajstić information content (AvgIpc) is 2.46. The maximum atomic E-state index is 11.9. The molecule has 0 atom stereocenters. The van der Waals surface area contributed by atoms with Crippen molar-refractivity contribution < 1.29 is 9.53 Å². The number of methoxy groups -OCH3 is 1. The quantitative estimate of drug-likeness (QED) is 0.870. The van der Waals surface area contributed by atoms with Crippen molar-refractivity contribution in [1.29, 1.82) is 0 Å². The number of amides is 1. The van der Waals surface area contributed by atoms with Gasteiger partial charge in [-0.2, -0.15) is 0 Å². The maximum Gasteiger partial charge on any atom is 0.223 e. The molecule has 0 saturated carbocycles. The second kappa shape index (κ2) is 7.96. The van der Waals surface area contributed by atoms with E-state index in [1.54, 1.807) is 19.4 Å². The molecule has 5 nitrogen and oxygen atoms in total. The van der Waals surface area contributed by atoms with Gasteiger partial charge in [0.05, 0.1) is 7.11 Å². The fraction of sp³-hybridized carbons (Fsp3) is 0.538. The Bertz CT molecular complexity index is 391. The zero-order valence-electron chi connectivity index (χ0n) is 11.0. The zero-order valence-corrected chi connectivity index (χ0v) is 11.8. The Hall–Kier alpha value is -1.33. The van der Waals surface area contributed by atoms with Crippen molar-refractivity contribution in [1.82, 2.24) is 15.6 Å². The summed E-state index contributed by atoms with van der Waals surface area (Å²) >= 11 is 0. The van der Waals surface area contributed by atoms with Crippen LogP contribution in [0.2, 0.25) is 0 Å². The van der Waals surface area contributed by atoms with Gasteiger partial charge in [0.1, 0.15) is 0 Å². The van der Waals surface area contributed by atoms with Crippen LogP contribution in [0.5, 0.6) is 5.88 Å². The van der Waals surface area contributed by atoms with E-state index in [0.717, 1.165) is 31.5 Å². The minimum atomic E-state index is 0. The number of piperidine rings is 1. The van der Waals surface area contributed by atoms with Crippen molar-refractivity contribution in [3.05, 3.63) is 23.9 Å². The van der Waals surface area contributed by atoms with Gasteiger partial charge in [-0.3, -0.25) is 4.79 Å². The van der Waals surface area contributed by atoms with Crippen LogP contribution in [0.3, 0.4) is 0 Å². The molecule has 0 aromatic carbocycles. The van der Waals surface area contributed by atoms with Crippen LogP contribution < -0.4 is 15.4 Å². The Morgan fingerprint density at radius 3 is 2.79 bits per heavy atom. The van der Waals surface area contributed by atoms with Crippen LogP contribution in [0.25, 0.3) is 0 Å². The molecule has 0 bridgehead atoms. The molecule has 0 radical (unpaired) electrons. The predicted octanol–water partition coefficient (Wildman–Crippen LogP) is 1.13. The summed E-state index contributed by atoms with van der Waals surface area (Å²) in [6.45, 7) is 2.39. The third-order valence-electron chi connectivity index (χ3n) is 3.18. The second-order valence-electron chi connectivity index (χ2n) is 4.45. The topological polar surface area (TPSA) is 63.2 Å². The second-order valence-corrected chi connectivity index (χ2v) is 4.45. The lowest BCUT2D eigenvalue weighted by Crippen LogP contribution is -2.37. The molecule has 1 aliphatic heterocycles. The highest BCUT2D eigenvalue weighted by atomic mass is 35.5. The van der Waals surface area contributed by atoms with Gasteiger partial charge >= 0.3 is 0 Å². The van der Waals surface area contributed by atoms with Crippen molar-refractivity contribution in [2.24, 2.45) is 5.92 Å². The highest BCUT2D eigenvalue weighted by molar-refractivity contribution is 5.85. The fourth-order valence-corrected chi connectivity index (χ4v) is 2.05. The van der Waals surface area contributed by atoms with Crippen LogP contribution in [0.1, 0.15) is 18.4 Å². The van der Waals surface area contributed by atoms with Gasteiger partial charge in [0.2, 0.25) is 11.8 Å². The van der Waals surface area contributed by atoms with Crippen LogP contribution in [-0.2, 0) is 11.3 Å². The van der Waals surface area contributed by atoms with Crippen molar-refractivity contribution in [2.45, 2.75) is 19.4 Å². The van der Waals surface area contributed by atoms with Crippen molar-refractivity contribution in [3.63, 3.8) is 0 Å². The molecule has 0 spiro atoms. The summed E-state index contributed by atoms with van der Waals surface area (Å²) < 4.78 is 4.98. The van der Waals surface area contributed by atoms with Gasteiger partial charge in [-0.05, 0) is 31.5 Å². The Kier molecular flexibility index (Phi) is 6.59. The summed E-state index contributed by atoms with van der Waals surface area (Å²) in [4.78, 5) is 16.0. The van der Waals surface area contributed by atoms with E-state index in [1.807, 2.05) is 6.07 Å². The maximum absolute atomic E-state index is 11.9. The van der Waals surface area contributed by atoms with Gasteiger partial charge in [0.15, 0.2) is 0 Å². The van der Waals surface area contributed by atoms with Crippen molar-refractivity contribution in [3.8, 4) is 5.88 Å². The Morgan fingerprint density at radius 2 is 2.21 bits per heavy atom. The number of halogens is 1. The zero-order chi connectivity index (χ0) is 12.8. The Morgan fingerprint density at radius 1 is 1.47 bits per heavy atom. The monoisotopic (exact) mass is 285 g/mol. The minimum absolute atomic E-state index is 0. The largest absolute Gasteiger partial charge is 0.481 e. The molecule has 2 heterocycles. The first-order chi connectivity index (χ1) is 8.79. The molecular weight excluding hydrogens is 266 g/mol. The van der Waals surface area contributed by atoms with E-state index in [4.69, 9.17) is 4.74 Å². The fourth-order valence-electron chi connectivity index (χ4n) is 2.05. The van der Waals surface area contributed by atoms with E-state index in [2.05, 4.69) is 15.6 Å². The lowest BCUT2D eigenvalue weighted by molar-refractivity contribution is -0.125. The molecule has 1 amide bonds. The molecule has 0 aliphatic carbocycles. The van der Waals surface area contributed by atoms with E-state index in [-0.39, 0.29) is 24.2 Å². The van der Waals surface area contributed by atoms with E-state index in [1.165, 1.54) is 0 Å². The van der Waals surface area contributed by atoms with Crippen LogP contribution in [0, 0.1) is 5.92 Å². The molecular formula is C13H20ClN3O2. The van der Waals surface area contributed by atoms with Crippen LogP contribution in [-0.4, -0.2) is 31.1 Å². The van der Waals surface area contributed by atoms with E-state index < -0.39 is 0 Å². The summed E-state index contributed by atoms with van der Waals surface area (Å²) in [5, 5.41) is 6.21. The third kappa shape index (κ3) is 4.69. The standard InChI is InChI=1S/C13H19N3O2.ClH/c1-18-12-3-2-10(8-15-12)9-16-13(17)11-4-6-14-7-5-11;/h2-3,8,11,14H,4-7,9H2,1H3,(H,16,17);1H. The summed E-state index contributed by atoms with van der Waals surface area (Å²) in [6, 6.07) is 3.71. The van der Waals surface area contributed by atoms with Crippen molar-refractivity contribution >= 4 is 18.3 Å². The average molecular weight is 286 g/mol.